The van der Waals surface area contributed by atoms with Crippen LogP contribution in [0.25, 0.3) is 0 Å². The Hall–Kier alpha value is -3.76. The molecule has 2 atom stereocenters. The van der Waals surface area contributed by atoms with Crippen LogP contribution in [0.15, 0.2) is 53.7 Å². The second kappa shape index (κ2) is 6.40. The summed E-state index contributed by atoms with van der Waals surface area (Å²) in [7, 11) is 0. The number of alkyl halides is 3. The third kappa shape index (κ3) is 3.00. The number of benzene rings is 2. The van der Waals surface area contributed by atoms with E-state index in [-0.39, 0.29) is 17.1 Å². The number of fused-ring (bicyclic) bond motifs is 1. The van der Waals surface area contributed by atoms with E-state index in [9.17, 15) is 32.9 Å². The Morgan fingerprint density at radius 1 is 1.07 bits per heavy atom. The summed E-state index contributed by atoms with van der Waals surface area (Å²) < 4.78 is 38.9. The molecule has 0 N–H and O–H groups in total. The van der Waals surface area contributed by atoms with E-state index in [2.05, 4.69) is 5.16 Å². The Kier molecular flexibility index (Phi) is 4.10. The molecule has 1 fully saturated rings. The van der Waals surface area contributed by atoms with Crippen LogP contribution in [-0.4, -0.2) is 28.6 Å². The first-order chi connectivity index (χ1) is 13.7. The number of non-ortho nitro benzene ring substituents is 1. The molecule has 0 aromatic heterocycles. The Morgan fingerprint density at radius 3 is 2.38 bits per heavy atom. The molecule has 11 heteroatoms. The highest BCUT2D eigenvalue weighted by Gasteiger charge is 2.56. The van der Waals surface area contributed by atoms with Gasteiger partial charge < -0.3 is 4.84 Å². The van der Waals surface area contributed by atoms with Crippen molar-refractivity contribution in [1.29, 1.82) is 0 Å². The van der Waals surface area contributed by atoms with Gasteiger partial charge >= 0.3 is 6.18 Å². The number of amides is 2. The Balaban J connectivity index is 1.67. The predicted molar refractivity (Wildman–Crippen MR) is 91.9 cm³/mol. The summed E-state index contributed by atoms with van der Waals surface area (Å²) in [6, 6.07) is 8.97. The summed E-state index contributed by atoms with van der Waals surface area (Å²) >= 11 is 0. The van der Waals surface area contributed by atoms with Gasteiger partial charge in [-0.05, 0) is 30.3 Å². The average Bonchev–Trinajstić information content (AvgIpc) is 3.22. The number of carbonyl (C=O) groups excluding carboxylic acids is 2. The molecule has 2 amide bonds. The van der Waals surface area contributed by atoms with Gasteiger partial charge in [0.1, 0.15) is 11.6 Å². The molecule has 2 aliphatic rings. The number of carbonyl (C=O) groups is 2. The Labute approximate surface area is 160 Å². The van der Waals surface area contributed by atoms with E-state index in [0.717, 1.165) is 12.1 Å². The van der Waals surface area contributed by atoms with E-state index in [1.54, 1.807) is 0 Å². The van der Waals surface area contributed by atoms with Gasteiger partial charge in [0.2, 0.25) is 12.0 Å². The Morgan fingerprint density at radius 2 is 1.76 bits per heavy atom. The molecule has 29 heavy (non-hydrogen) atoms. The summed E-state index contributed by atoms with van der Waals surface area (Å²) in [6.45, 7) is 0. The SMILES string of the molecule is O=C1[C@H]2C(c3ccc([N+](=O)[O-])cc3)=NO[C@H]2C(=O)N1c1cccc(C(F)(F)F)c1. The van der Waals surface area contributed by atoms with Crippen LogP contribution in [-0.2, 0) is 20.6 Å². The van der Waals surface area contributed by atoms with E-state index < -0.39 is 40.5 Å². The highest BCUT2D eigenvalue weighted by atomic mass is 19.4. The molecule has 2 heterocycles. The van der Waals surface area contributed by atoms with E-state index >= 15 is 0 Å². The largest absolute Gasteiger partial charge is 0.416 e. The van der Waals surface area contributed by atoms with Gasteiger partial charge in [-0.1, -0.05) is 11.2 Å². The average molecular weight is 405 g/mol. The van der Waals surface area contributed by atoms with Crippen molar-refractivity contribution in [3.8, 4) is 0 Å². The van der Waals surface area contributed by atoms with Crippen molar-refractivity contribution in [3.63, 3.8) is 0 Å². The smallest absolute Gasteiger partial charge is 0.381 e. The van der Waals surface area contributed by atoms with Crippen molar-refractivity contribution in [2.45, 2.75) is 12.3 Å². The number of hydrogen-bond donors (Lipinski definition) is 0. The lowest BCUT2D eigenvalue weighted by Gasteiger charge is -2.17. The molecule has 2 aliphatic heterocycles. The fourth-order valence-electron chi connectivity index (χ4n) is 3.25. The van der Waals surface area contributed by atoms with Crippen LogP contribution < -0.4 is 4.90 Å². The summed E-state index contributed by atoms with van der Waals surface area (Å²) in [5, 5.41) is 14.5. The van der Waals surface area contributed by atoms with Crippen LogP contribution in [0.1, 0.15) is 11.1 Å². The molecule has 0 radical (unpaired) electrons. The molecule has 2 aromatic carbocycles. The zero-order valence-electron chi connectivity index (χ0n) is 14.3. The minimum atomic E-state index is -4.64. The maximum absolute atomic E-state index is 13.0. The maximum Gasteiger partial charge on any atom is 0.416 e. The van der Waals surface area contributed by atoms with Crippen molar-refractivity contribution in [2.24, 2.45) is 11.1 Å². The topological polar surface area (TPSA) is 102 Å². The molecule has 0 bridgehead atoms. The summed E-state index contributed by atoms with van der Waals surface area (Å²) in [5.74, 6) is -2.77. The van der Waals surface area contributed by atoms with Gasteiger partial charge in [0.25, 0.3) is 11.6 Å². The number of oxime groups is 1. The molecule has 148 valence electrons. The predicted octanol–water partition coefficient (Wildman–Crippen LogP) is 2.91. The lowest BCUT2D eigenvalue weighted by molar-refractivity contribution is -0.384. The van der Waals surface area contributed by atoms with E-state index in [4.69, 9.17) is 4.84 Å². The highest BCUT2D eigenvalue weighted by Crippen LogP contribution is 2.37. The summed E-state index contributed by atoms with van der Waals surface area (Å²) in [4.78, 5) is 41.4. The van der Waals surface area contributed by atoms with Crippen LogP contribution in [0.2, 0.25) is 0 Å². The van der Waals surface area contributed by atoms with Crippen LogP contribution in [0.3, 0.4) is 0 Å². The van der Waals surface area contributed by atoms with Gasteiger partial charge in [-0.25, -0.2) is 4.90 Å². The number of nitro benzene ring substituents is 1. The standard InChI is InChI=1S/C18H10F3N3O5/c19-18(20,21)10-2-1-3-12(8-10)23-16(25)13-14(22-29-15(13)17(23)26)9-4-6-11(7-5-9)24(27)28/h1-8,13,15H/t13-,15+/m0/s1. The molecule has 4 rings (SSSR count). The second-order valence-corrected chi connectivity index (χ2v) is 6.34. The minimum Gasteiger partial charge on any atom is -0.381 e. The number of hydrogen-bond acceptors (Lipinski definition) is 6. The van der Waals surface area contributed by atoms with Gasteiger partial charge in [0.05, 0.1) is 16.2 Å². The van der Waals surface area contributed by atoms with E-state index in [1.165, 1.54) is 30.3 Å². The fourth-order valence-corrected chi connectivity index (χ4v) is 3.25. The van der Waals surface area contributed by atoms with Gasteiger partial charge in [-0.2, -0.15) is 13.2 Å². The van der Waals surface area contributed by atoms with Crippen molar-refractivity contribution in [3.05, 3.63) is 69.8 Å². The van der Waals surface area contributed by atoms with Gasteiger partial charge in [0, 0.05) is 17.7 Å². The fraction of sp³-hybridized carbons (Fsp3) is 0.167. The highest BCUT2D eigenvalue weighted by molar-refractivity contribution is 6.32. The number of nitrogens with zero attached hydrogens (tertiary/aromatic N) is 3. The van der Waals surface area contributed by atoms with E-state index in [1.807, 2.05) is 0 Å². The monoisotopic (exact) mass is 405 g/mol. The number of nitro groups is 1. The van der Waals surface area contributed by atoms with Crippen molar-refractivity contribution in [2.75, 3.05) is 4.90 Å². The van der Waals surface area contributed by atoms with Crippen molar-refractivity contribution >= 4 is 28.9 Å². The first kappa shape index (κ1) is 18.6. The second-order valence-electron chi connectivity index (χ2n) is 6.34. The number of anilines is 1. The van der Waals surface area contributed by atoms with Crippen LogP contribution in [0.4, 0.5) is 24.5 Å². The van der Waals surface area contributed by atoms with Crippen LogP contribution >= 0.6 is 0 Å². The molecule has 0 saturated carbocycles. The number of halogens is 3. The quantitative estimate of drug-likeness (QED) is 0.444. The van der Waals surface area contributed by atoms with Gasteiger partial charge in [0.15, 0.2) is 0 Å². The minimum absolute atomic E-state index is 0.0812. The summed E-state index contributed by atoms with van der Waals surface area (Å²) in [6.07, 6.45) is -5.94. The van der Waals surface area contributed by atoms with Gasteiger partial charge in [-0.3, -0.25) is 19.7 Å². The first-order valence-electron chi connectivity index (χ1n) is 8.22. The lowest BCUT2D eigenvalue weighted by Crippen LogP contribution is -2.33. The lowest BCUT2D eigenvalue weighted by atomic mass is 9.94. The third-order valence-electron chi connectivity index (χ3n) is 4.62. The molecular weight excluding hydrogens is 395 g/mol. The zero-order chi connectivity index (χ0) is 20.9. The van der Waals surface area contributed by atoms with Crippen LogP contribution in [0, 0.1) is 16.0 Å². The first-order valence-corrected chi connectivity index (χ1v) is 8.22. The number of imide groups is 1. The molecule has 8 nitrogen and oxygen atoms in total. The zero-order valence-corrected chi connectivity index (χ0v) is 14.3. The normalized spacial score (nSPS) is 21.1. The van der Waals surface area contributed by atoms with E-state index in [0.29, 0.717) is 16.5 Å². The maximum atomic E-state index is 13.0. The van der Waals surface area contributed by atoms with Gasteiger partial charge in [-0.15, -0.1) is 0 Å². The van der Waals surface area contributed by atoms with Crippen LogP contribution in [0.5, 0.6) is 0 Å². The third-order valence-corrected chi connectivity index (χ3v) is 4.62. The molecule has 0 aliphatic carbocycles. The Bertz CT molecular complexity index is 1070. The molecule has 1 saturated heterocycles. The molecular formula is C18H10F3N3O5. The molecule has 0 spiro atoms. The molecule has 0 unspecified atom stereocenters. The van der Waals surface area contributed by atoms with Crippen molar-refractivity contribution < 1.29 is 32.5 Å². The molecule has 2 aromatic rings. The van der Waals surface area contributed by atoms with Crippen molar-refractivity contribution in [1.82, 2.24) is 0 Å². The number of rotatable bonds is 3. The summed E-state index contributed by atoms with van der Waals surface area (Å²) in [5.41, 5.74) is -0.995.